The number of hydrogen-bond acceptors (Lipinski definition) is 4. The first kappa shape index (κ1) is 22.3. The number of aryl methyl sites for hydroxylation is 2. The molecule has 0 saturated heterocycles. The molecular formula is C27H31N3O4. The van der Waals surface area contributed by atoms with Crippen LogP contribution in [0.4, 0.5) is 4.79 Å². The normalized spacial score (nSPS) is 15.5. The van der Waals surface area contributed by atoms with Gasteiger partial charge >= 0.3 is 6.03 Å². The first-order valence-electron chi connectivity index (χ1n) is 12.0. The number of rotatable bonds is 5. The molecule has 1 aliphatic carbocycles. The third kappa shape index (κ3) is 4.74. The quantitative estimate of drug-likeness (QED) is 0.565. The zero-order chi connectivity index (χ0) is 23.7. The lowest BCUT2D eigenvalue weighted by molar-refractivity contribution is 0.173. The van der Waals surface area contributed by atoms with Crippen molar-refractivity contribution in [1.29, 1.82) is 0 Å². The average molecular weight is 462 g/mol. The summed E-state index contributed by atoms with van der Waals surface area (Å²) in [4.78, 5) is 31.1. The van der Waals surface area contributed by atoms with E-state index in [0.29, 0.717) is 23.6 Å². The number of aromatic amines is 1. The number of nitrogens with one attached hydrogen (secondary N) is 2. The highest BCUT2D eigenvalue weighted by molar-refractivity contribution is 5.83. The van der Waals surface area contributed by atoms with E-state index in [0.717, 1.165) is 53.3 Å². The van der Waals surface area contributed by atoms with E-state index in [1.807, 2.05) is 38.1 Å². The minimum Gasteiger partial charge on any atom is -0.454 e. The van der Waals surface area contributed by atoms with Crippen LogP contribution in [0.3, 0.4) is 0 Å². The fraction of sp³-hybridized carbons (Fsp3) is 0.407. The van der Waals surface area contributed by atoms with Crippen molar-refractivity contribution in [2.75, 3.05) is 6.79 Å². The topological polar surface area (TPSA) is 83.7 Å². The molecule has 1 fully saturated rings. The number of aromatic nitrogens is 1. The molecule has 178 valence electrons. The first-order valence-corrected chi connectivity index (χ1v) is 12.0. The highest BCUT2D eigenvalue weighted by Crippen LogP contribution is 2.33. The summed E-state index contributed by atoms with van der Waals surface area (Å²) in [5, 5.41) is 4.18. The number of pyridine rings is 1. The molecule has 7 nitrogen and oxygen atoms in total. The smallest absolute Gasteiger partial charge is 0.318 e. The second kappa shape index (κ2) is 9.41. The molecule has 0 bridgehead atoms. The number of hydrogen-bond donors (Lipinski definition) is 2. The monoisotopic (exact) mass is 461 g/mol. The van der Waals surface area contributed by atoms with Crippen molar-refractivity contribution in [2.24, 2.45) is 0 Å². The van der Waals surface area contributed by atoms with Gasteiger partial charge in [0.2, 0.25) is 6.79 Å². The van der Waals surface area contributed by atoms with Crippen LogP contribution >= 0.6 is 0 Å². The lowest BCUT2D eigenvalue weighted by atomic mass is 9.96. The highest BCUT2D eigenvalue weighted by atomic mass is 16.7. The van der Waals surface area contributed by atoms with Crippen LogP contribution in [0.1, 0.15) is 54.4 Å². The van der Waals surface area contributed by atoms with Crippen molar-refractivity contribution in [3.8, 4) is 11.5 Å². The maximum absolute atomic E-state index is 13.4. The molecule has 1 aromatic heterocycles. The van der Waals surface area contributed by atoms with Gasteiger partial charge in [-0.2, -0.15) is 0 Å². The number of urea groups is 1. The third-order valence-electron chi connectivity index (χ3n) is 6.76. The fourth-order valence-corrected chi connectivity index (χ4v) is 5.03. The minimum atomic E-state index is -0.166. The van der Waals surface area contributed by atoms with Gasteiger partial charge in [0.15, 0.2) is 11.5 Å². The van der Waals surface area contributed by atoms with E-state index in [-0.39, 0.29) is 31.0 Å². The van der Waals surface area contributed by atoms with Gasteiger partial charge in [-0.3, -0.25) is 4.79 Å². The van der Waals surface area contributed by atoms with Crippen molar-refractivity contribution in [1.82, 2.24) is 15.2 Å². The molecule has 3 aromatic rings. The highest BCUT2D eigenvalue weighted by Gasteiger charge is 2.23. The minimum absolute atomic E-state index is 0.149. The Hall–Kier alpha value is -3.48. The van der Waals surface area contributed by atoms with Crippen LogP contribution in [-0.2, 0) is 13.1 Å². The van der Waals surface area contributed by atoms with Crippen LogP contribution in [-0.4, -0.2) is 28.7 Å². The van der Waals surface area contributed by atoms with E-state index in [9.17, 15) is 9.59 Å². The molecule has 2 amide bonds. The molecular weight excluding hydrogens is 430 g/mol. The fourth-order valence-electron chi connectivity index (χ4n) is 5.03. The molecule has 2 N–H and O–H groups in total. The molecule has 5 rings (SSSR count). The molecule has 34 heavy (non-hydrogen) atoms. The molecule has 1 saturated carbocycles. The zero-order valence-corrected chi connectivity index (χ0v) is 19.8. The Morgan fingerprint density at radius 2 is 1.82 bits per heavy atom. The number of H-pyrrole nitrogens is 1. The van der Waals surface area contributed by atoms with Crippen molar-refractivity contribution in [3.05, 3.63) is 69.0 Å². The SMILES string of the molecule is Cc1cc(C)c2[nH]c(=O)c(CN(Cc3ccc4c(c3)OCO4)C(=O)NC3CCCCC3)cc2c1. The van der Waals surface area contributed by atoms with E-state index in [1.165, 1.54) is 6.42 Å². The van der Waals surface area contributed by atoms with Gasteiger partial charge in [-0.25, -0.2) is 4.79 Å². The van der Waals surface area contributed by atoms with E-state index >= 15 is 0 Å². The maximum atomic E-state index is 13.4. The molecule has 0 spiro atoms. The molecule has 0 unspecified atom stereocenters. The molecule has 0 radical (unpaired) electrons. The Morgan fingerprint density at radius 3 is 2.65 bits per heavy atom. The molecule has 7 heteroatoms. The summed E-state index contributed by atoms with van der Waals surface area (Å²) in [6.45, 7) is 4.82. The van der Waals surface area contributed by atoms with Gasteiger partial charge < -0.3 is 24.7 Å². The van der Waals surface area contributed by atoms with Crippen molar-refractivity contribution < 1.29 is 14.3 Å². The van der Waals surface area contributed by atoms with E-state index in [1.54, 1.807) is 4.90 Å². The summed E-state index contributed by atoms with van der Waals surface area (Å²) in [5.41, 5.74) is 4.33. The van der Waals surface area contributed by atoms with Crippen LogP contribution in [0.2, 0.25) is 0 Å². The molecule has 2 heterocycles. The second-order valence-electron chi connectivity index (χ2n) is 9.50. The number of carbonyl (C=O) groups is 1. The van der Waals surface area contributed by atoms with Gasteiger partial charge in [-0.05, 0) is 67.5 Å². The standard InChI is InChI=1S/C27H31N3O4/c1-17-10-18(2)25-20(11-17)13-21(26(31)29-25)15-30(27(32)28-22-6-4-3-5-7-22)14-19-8-9-23-24(12-19)34-16-33-23/h8-13,22H,3-7,14-16H2,1-2H3,(H,28,32)(H,29,31). The molecule has 2 aromatic carbocycles. The second-order valence-corrected chi connectivity index (χ2v) is 9.50. The molecule has 0 atom stereocenters. The Bertz CT molecular complexity index is 1280. The van der Waals surface area contributed by atoms with Crippen LogP contribution in [0.15, 0.2) is 41.2 Å². The van der Waals surface area contributed by atoms with Crippen molar-refractivity contribution in [2.45, 2.75) is 65.1 Å². The van der Waals surface area contributed by atoms with Crippen molar-refractivity contribution in [3.63, 3.8) is 0 Å². The van der Waals surface area contributed by atoms with Crippen molar-refractivity contribution >= 4 is 16.9 Å². The van der Waals surface area contributed by atoms with Crippen LogP contribution < -0.4 is 20.3 Å². The predicted octanol–water partition coefficient (Wildman–Crippen LogP) is 4.92. The van der Waals surface area contributed by atoms with E-state index in [2.05, 4.69) is 22.4 Å². The van der Waals surface area contributed by atoms with Gasteiger partial charge in [0.05, 0.1) is 12.1 Å². The Kier molecular flexibility index (Phi) is 6.18. The van der Waals surface area contributed by atoms with Crippen LogP contribution in [0.25, 0.3) is 10.9 Å². The third-order valence-corrected chi connectivity index (χ3v) is 6.76. The van der Waals surface area contributed by atoms with Gasteiger partial charge in [0, 0.05) is 18.2 Å². The number of fused-ring (bicyclic) bond motifs is 2. The Morgan fingerprint density at radius 1 is 1.03 bits per heavy atom. The lowest BCUT2D eigenvalue weighted by Gasteiger charge is -2.28. The predicted molar refractivity (Wildman–Crippen MR) is 131 cm³/mol. The Balaban J connectivity index is 1.44. The van der Waals surface area contributed by atoms with E-state index in [4.69, 9.17) is 9.47 Å². The molecule has 2 aliphatic rings. The number of benzene rings is 2. The summed E-state index contributed by atoms with van der Waals surface area (Å²) in [5.74, 6) is 1.39. The van der Waals surface area contributed by atoms with Gasteiger partial charge in [0.1, 0.15) is 0 Å². The van der Waals surface area contributed by atoms with Gasteiger partial charge in [-0.1, -0.05) is 37.0 Å². The average Bonchev–Trinajstić information content (AvgIpc) is 3.28. The number of amides is 2. The summed E-state index contributed by atoms with van der Waals surface area (Å²) < 4.78 is 10.9. The van der Waals surface area contributed by atoms with Crippen LogP contribution in [0.5, 0.6) is 11.5 Å². The zero-order valence-electron chi connectivity index (χ0n) is 19.8. The lowest BCUT2D eigenvalue weighted by Crippen LogP contribution is -2.45. The summed E-state index contributed by atoms with van der Waals surface area (Å²) in [6, 6.07) is 11.8. The van der Waals surface area contributed by atoms with Crippen LogP contribution in [0, 0.1) is 13.8 Å². The number of carbonyl (C=O) groups excluding carboxylic acids is 1. The summed E-state index contributed by atoms with van der Waals surface area (Å²) in [7, 11) is 0. The van der Waals surface area contributed by atoms with Gasteiger partial charge in [-0.15, -0.1) is 0 Å². The first-order chi connectivity index (χ1) is 16.5. The number of ether oxygens (including phenoxy) is 2. The Labute approximate surface area is 199 Å². The maximum Gasteiger partial charge on any atom is 0.318 e. The summed E-state index contributed by atoms with van der Waals surface area (Å²) in [6.07, 6.45) is 5.49. The van der Waals surface area contributed by atoms with Gasteiger partial charge in [0.25, 0.3) is 5.56 Å². The largest absolute Gasteiger partial charge is 0.454 e. The summed E-state index contributed by atoms with van der Waals surface area (Å²) >= 11 is 0. The molecule has 1 aliphatic heterocycles. The number of nitrogens with zero attached hydrogens (tertiary/aromatic N) is 1. The van der Waals surface area contributed by atoms with E-state index < -0.39 is 0 Å².